The van der Waals surface area contributed by atoms with Crippen LogP contribution in [0.1, 0.15) is 21.6 Å². The summed E-state index contributed by atoms with van der Waals surface area (Å²) in [7, 11) is 0. The number of benzene rings is 2. The van der Waals surface area contributed by atoms with Gasteiger partial charge in [0.05, 0.1) is 23.2 Å². The summed E-state index contributed by atoms with van der Waals surface area (Å²) in [5.74, 6) is -1.22. The number of halogens is 4. The van der Waals surface area contributed by atoms with Crippen LogP contribution in [0.4, 0.5) is 17.6 Å². The van der Waals surface area contributed by atoms with Crippen LogP contribution in [-0.4, -0.2) is 16.7 Å². The number of alkyl halides is 3. The van der Waals surface area contributed by atoms with Crippen molar-refractivity contribution in [3.8, 4) is 5.69 Å². The second-order valence-corrected chi connectivity index (χ2v) is 5.53. The molecule has 0 spiro atoms. The molecule has 0 aliphatic heterocycles. The number of hydrogen-bond donors (Lipinski definition) is 1. The summed E-state index contributed by atoms with van der Waals surface area (Å²) in [5.41, 5.74) is 1.84. The van der Waals surface area contributed by atoms with Crippen molar-refractivity contribution in [1.82, 2.24) is 9.99 Å². The third-order valence-corrected chi connectivity index (χ3v) is 3.71. The second kappa shape index (κ2) is 7.45. The molecule has 3 rings (SSSR count). The highest BCUT2D eigenvalue weighted by Gasteiger charge is 2.30. The Bertz CT molecular complexity index is 992. The molecule has 1 N–H and O–H groups in total. The Balaban J connectivity index is 1.75. The van der Waals surface area contributed by atoms with Gasteiger partial charge in [-0.05, 0) is 42.5 Å². The van der Waals surface area contributed by atoms with E-state index in [1.54, 1.807) is 36.5 Å². The van der Waals surface area contributed by atoms with Gasteiger partial charge in [0, 0.05) is 11.8 Å². The van der Waals surface area contributed by atoms with Gasteiger partial charge in [-0.3, -0.25) is 4.79 Å². The summed E-state index contributed by atoms with van der Waals surface area (Å²) in [4.78, 5) is 12.0. The Labute approximate surface area is 151 Å². The van der Waals surface area contributed by atoms with Crippen molar-refractivity contribution in [2.75, 3.05) is 0 Å². The minimum atomic E-state index is -4.54. The molecule has 1 heterocycles. The van der Waals surface area contributed by atoms with Gasteiger partial charge in [0.25, 0.3) is 5.91 Å². The first kappa shape index (κ1) is 18.4. The van der Waals surface area contributed by atoms with E-state index in [4.69, 9.17) is 0 Å². The van der Waals surface area contributed by atoms with Crippen LogP contribution in [0.5, 0.6) is 0 Å². The minimum absolute atomic E-state index is 0.175. The van der Waals surface area contributed by atoms with Gasteiger partial charge in [0.2, 0.25) is 0 Å². The highest BCUT2D eigenvalue weighted by molar-refractivity contribution is 5.95. The first-order chi connectivity index (χ1) is 12.9. The van der Waals surface area contributed by atoms with Gasteiger partial charge in [-0.2, -0.15) is 18.3 Å². The smallest absolute Gasteiger partial charge is 0.313 e. The number of rotatable bonds is 4. The van der Waals surface area contributed by atoms with Gasteiger partial charge >= 0.3 is 6.18 Å². The molecule has 8 heteroatoms. The fourth-order valence-corrected chi connectivity index (χ4v) is 2.42. The van der Waals surface area contributed by atoms with Crippen LogP contribution in [0.15, 0.2) is 72.0 Å². The maximum Gasteiger partial charge on any atom is 0.416 e. The SMILES string of the molecule is O=C(N/N=C\c1cccn1-c1ccccc1F)c1cccc(C(F)(F)F)c1. The number of nitrogens with one attached hydrogen (secondary N) is 1. The van der Waals surface area contributed by atoms with Crippen LogP contribution < -0.4 is 5.43 Å². The lowest BCUT2D eigenvalue weighted by Crippen LogP contribution is -2.18. The molecule has 0 atom stereocenters. The molecule has 0 aliphatic rings. The third-order valence-electron chi connectivity index (χ3n) is 3.71. The van der Waals surface area contributed by atoms with Crippen molar-refractivity contribution >= 4 is 12.1 Å². The van der Waals surface area contributed by atoms with Gasteiger partial charge < -0.3 is 4.57 Å². The fourth-order valence-electron chi connectivity index (χ4n) is 2.42. The Morgan fingerprint density at radius 3 is 2.56 bits per heavy atom. The van der Waals surface area contributed by atoms with Crippen LogP contribution in [0.25, 0.3) is 5.69 Å². The van der Waals surface area contributed by atoms with Gasteiger partial charge in [0.1, 0.15) is 5.82 Å². The van der Waals surface area contributed by atoms with E-state index in [1.807, 2.05) is 0 Å². The Hall–Kier alpha value is -3.42. The first-order valence-electron chi connectivity index (χ1n) is 7.79. The number of carbonyl (C=O) groups is 1. The number of para-hydroxylation sites is 1. The largest absolute Gasteiger partial charge is 0.416 e. The standard InChI is InChI=1S/C19H13F4N3O/c20-16-8-1-2-9-17(16)26-10-4-7-15(26)12-24-25-18(27)13-5-3-6-14(11-13)19(21,22)23/h1-12H,(H,25,27)/b24-12-. The van der Waals surface area contributed by atoms with Crippen LogP contribution in [-0.2, 0) is 6.18 Å². The van der Waals surface area contributed by atoms with E-state index in [1.165, 1.54) is 22.9 Å². The summed E-state index contributed by atoms with van der Waals surface area (Å²) in [6.45, 7) is 0. The molecule has 138 valence electrons. The van der Waals surface area contributed by atoms with E-state index in [-0.39, 0.29) is 5.56 Å². The van der Waals surface area contributed by atoms with Gasteiger partial charge in [-0.1, -0.05) is 18.2 Å². The maximum atomic E-state index is 13.9. The van der Waals surface area contributed by atoms with Crippen molar-refractivity contribution in [3.05, 3.63) is 89.5 Å². The molecule has 0 saturated carbocycles. The van der Waals surface area contributed by atoms with E-state index in [9.17, 15) is 22.4 Å². The number of hydrazone groups is 1. The van der Waals surface area contributed by atoms with E-state index < -0.39 is 23.5 Å². The van der Waals surface area contributed by atoms with Crippen molar-refractivity contribution in [1.29, 1.82) is 0 Å². The van der Waals surface area contributed by atoms with Crippen LogP contribution >= 0.6 is 0 Å². The van der Waals surface area contributed by atoms with E-state index in [0.29, 0.717) is 11.4 Å². The van der Waals surface area contributed by atoms with E-state index in [2.05, 4.69) is 10.5 Å². The molecular weight excluding hydrogens is 362 g/mol. The lowest BCUT2D eigenvalue weighted by atomic mass is 10.1. The minimum Gasteiger partial charge on any atom is -0.313 e. The summed E-state index contributed by atoms with van der Waals surface area (Å²) < 4.78 is 53.6. The lowest BCUT2D eigenvalue weighted by Gasteiger charge is -2.08. The molecule has 0 aliphatic carbocycles. The first-order valence-corrected chi connectivity index (χ1v) is 7.79. The van der Waals surface area contributed by atoms with Crippen LogP contribution in [0, 0.1) is 5.82 Å². The number of amides is 1. The molecule has 0 unspecified atom stereocenters. The molecule has 1 amide bonds. The Morgan fingerprint density at radius 2 is 1.81 bits per heavy atom. The average molecular weight is 375 g/mol. The highest BCUT2D eigenvalue weighted by atomic mass is 19.4. The number of nitrogens with zero attached hydrogens (tertiary/aromatic N) is 2. The number of carbonyl (C=O) groups excluding carboxylic acids is 1. The molecule has 27 heavy (non-hydrogen) atoms. The summed E-state index contributed by atoms with van der Waals surface area (Å²) in [6.07, 6.45) is -1.65. The fraction of sp³-hybridized carbons (Fsp3) is 0.0526. The normalized spacial score (nSPS) is 11.7. The molecule has 0 bridgehead atoms. The molecule has 0 fully saturated rings. The third kappa shape index (κ3) is 4.22. The molecule has 0 saturated heterocycles. The number of aromatic nitrogens is 1. The zero-order valence-electron chi connectivity index (χ0n) is 13.7. The zero-order chi connectivity index (χ0) is 19.4. The average Bonchev–Trinajstić information content (AvgIpc) is 3.09. The van der Waals surface area contributed by atoms with Crippen molar-refractivity contribution < 1.29 is 22.4 Å². The van der Waals surface area contributed by atoms with Gasteiger partial charge in [0.15, 0.2) is 0 Å². The van der Waals surface area contributed by atoms with E-state index in [0.717, 1.165) is 18.2 Å². The predicted molar refractivity (Wildman–Crippen MR) is 92.2 cm³/mol. The summed E-state index contributed by atoms with van der Waals surface area (Å²) in [5, 5.41) is 3.75. The Morgan fingerprint density at radius 1 is 1.04 bits per heavy atom. The summed E-state index contributed by atoms with van der Waals surface area (Å²) >= 11 is 0. The predicted octanol–water partition coefficient (Wildman–Crippen LogP) is 4.40. The highest BCUT2D eigenvalue weighted by Crippen LogP contribution is 2.29. The van der Waals surface area contributed by atoms with Crippen molar-refractivity contribution in [2.45, 2.75) is 6.18 Å². The zero-order valence-corrected chi connectivity index (χ0v) is 13.7. The number of hydrogen-bond acceptors (Lipinski definition) is 2. The molecule has 4 nitrogen and oxygen atoms in total. The molecule has 3 aromatic rings. The van der Waals surface area contributed by atoms with Crippen LogP contribution in [0.3, 0.4) is 0 Å². The molecular formula is C19H13F4N3O. The van der Waals surface area contributed by atoms with Crippen molar-refractivity contribution in [3.63, 3.8) is 0 Å². The summed E-state index contributed by atoms with van der Waals surface area (Å²) in [6, 6.07) is 13.5. The quantitative estimate of drug-likeness (QED) is 0.410. The monoisotopic (exact) mass is 375 g/mol. The molecule has 1 aromatic heterocycles. The Kier molecular flexibility index (Phi) is 5.07. The van der Waals surface area contributed by atoms with Gasteiger partial charge in [-0.25, -0.2) is 9.82 Å². The molecule has 0 radical (unpaired) electrons. The van der Waals surface area contributed by atoms with Gasteiger partial charge in [-0.15, -0.1) is 0 Å². The maximum absolute atomic E-state index is 13.9. The van der Waals surface area contributed by atoms with Crippen LogP contribution in [0.2, 0.25) is 0 Å². The lowest BCUT2D eigenvalue weighted by molar-refractivity contribution is -0.137. The van der Waals surface area contributed by atoms with Crippen molar-refractivity contribution in [2.24, 2.45) is 5.10 Å². The molecule has 2 aromatic carbocycles. The van der Waals surface area contributed by atoms with E-state index >= 15 is 0 Å². The second-order valence-electron chi connectivity index (χ2n) is 5.53. The topological polar surface area (TPSA) is 46.4 Å².